The first-order chi connectivity index (χ1) is 2.41. The van der Waals surface area contributed by atoms with Crippen molar-refractivity contribution in [2.75, 3.05) is 13.2 Å². The van der Waals surface area contributed by atoms with Crippen molar-refractivity contribution in [2.45, 2.75) is 6.42 Å². The molecule has 0 aromatic rings. The minimum absolute atomic E-state index is 0. The Morgan fingerprint density at radius 3 is 1.14 bits per heavy atom. The summed E-state index contributed by atoms with van der Waals surface area (Å²) in [7, 11) is 0. The van der Waals surface area contributed by atoms with Gasteiger partial charge in [0.15, 0.2) is 0 Å². The van der Waals surface area contributed by atoms with Crippen molar-refractivity contribution in [3.05, 3.63) is 0 Å². The summed E-state index contributed by atoms with van der Waals surface area (Å²) in [6.07, 6.45) is 0.500. The average Bonchev–Trinajstić information content (AvgIpc) is 1.41. The van der Waals surface area contributed by atoms with Crippen molar-refractivity contribution in [2.24, 2.45) is 0 Å². The van der Waals surface area contributed by atoms with E-state index >= 15 is 0 Å². The van der Waals surface area contributed by atoms with Crippen molar-refractivity contribution in [1.82, 2.24) is 0 Å². The Hall–Kier alpha value is 1.11. The third-order valence-corrected chi connectivity index (χ3v) is 0.316. The predicted molar refractivity (Wildman–Crippen MR) is 33.1 cm³/mol. The standard InChI is InChI=1S/C3H8O2.2Li.2H/c4-2-1-3-5;;;;/h4-5H,1-3H2;;;;. The Kier molecular flexibility index (Phi) is 35.2. The summed E-state index contributed by atoms with van der Waals surface area (Å²) < 4.78 is 0. The second-order valence-corrected chi connectivity index (χ2v) is 0.801. The summed E-state index contributed by atoms with van der Waals surface area (Å²) in [5, 5.41) is 15.8. The molecule has 0 atom stereocenters. The van der Waals surface area contributed by atoms with Crippen LogP contribution in [0.25, 0.3) is 0 Å². The van der Waals surface area contributed by atoms with Crippen LogP contribution >= 0.6 is 0 Å². The molecule has 0 radical (unpaired) electrons. The summed E-state index contributed by atoms with van der Waals surface area (Å²) in [5.74, 6) is 0. The molecule has 0 aliphatic rings. The molecule has 0 amide bonds. The van der Waals surface area contributed by atoms with Gasteiger partial charge in [0.05, 0.1) is 0 Å². The van der Waals surface area contributed by atoms with E-state index in [1.165, 1.54) is 0 Å². The quantitative estimate of drug-likeness (QED) is 0.389. The van der Waals surface area contributed by atoms with Crippen LogP contribution < -0.4 is 0 Å². The van der Waals surface area contributed by atoms with Gasteiger partial charge in [-0.15, -0.1) is 0 Å². The second kappa shape index (κ2) is 15.7. The number of aliphatic hydroxyl groups is 2. The Morgan fingerprint density at radius 2 is 1.14 bits per heavy atom. The Bertz CT molecular complexity index is 18.4. The number of rotatable bonds is 2. The van der Waals surface area contributed by atoms with Crippen LogP contribution in [0.3, 0.4) is 0 Å². The van der Waals surface area contributed by atoms with Gasteiger partial charge in [-0.3, -0.25) is 0 Å². The molecule has 0 aliphatic heterocycles. The first-order valence-corrected chi connectivity index (χ1v) is 1.63. The van der Waals surface area contributed by atoms with Gasteiger partial charge in [-0.25, -0.2) is 0 Å². The van der Waals surface area contributed by atoms with E-state index in [1.54, 1.807) is 0 Å². The third-order valence-electron chi connectivity index (χ3n) is 0.316. The second-order valence-electron chi connectivity index (χ2n) is 0.801. The molecule has 0 aromatic carbocycles. The van der Waals surface area contributed by atoms with E-state index < -0.39 is 0 Å². The zero-order valence-electron chi connectivity index (χ0n) is 3.02. The number of hydrogen-bond acceptors (Lipinski definition) is 2. The van der Waals surface area contributed by atoms with Crippen LogP contribution in [0.5, 0.6) is 0 Å². The van der Waals surface area contributed by atoms with Gasteiger partial charge in [0.25, 0.3) is 0 Å². The fraction of sp³-hybridized carbons (Fsp3) is 1.00. The molecule has 0 saturated carbocycles. The number of hydrogen-bond donors (Lipinski definition) is 2. The molecule has 36 valence electrons. The molecular weight excluding hydrogens is 81.9 g/mol. The van der Waals surface area contributed by atoms with Gasteiger partial charge < -0.3 is 10.2 Å². The first-order valence-electron chi connectivity index (χ1n) is 1.63. The zero-order valence-corrected chi connectivity index (χ0v) is 3.02. The summed E-state index contributed by atoms with van der Waals surface area (Å²) >= 11 is 0. The third kappa shape index (κ3) is 19.2. The van der Waals surface area contributed by atoms with Crippen molar-refractivity contribution >= 4 is 37.7 Å². The zero-order chi connectivity index (χ0) is 4.12. The van der Waals surface area contributed by atoms with Crippen LogP contribution in [-0.2, 0) is 0 Å². The van der Waals surface area contributed by atoms with E-state index in [0.29, 0.717) is 6.42 Å². The Labute approximate surface area is 67.7 Å². The average molecular weight is 92.0 g/mol. The monoisotopic (exact) mass is 92.1 g/mol. The van der Waals surface area contributed by atoms with Crippen molar-refractivity contribution < 1.29 is 10.2 Å². The van der Waals surface area contributed by atoms with Gasteiger partial charge in [0.1, 0.15) is 0 Å². The summed E-state index contributed by atoms with van der Waals surface area (Å²) in [6.45, 7) is 0.188. The maximum absolute atomic E-state index is 7.91. The van der Waals surface area contributed by atoms with Crippen LogP contribution in [0.2, 0.25) is 0 Å². The van der Waals surface area contributed by atoms with Gasteiger partial charge in [0, 0.05) is 13.2 Å². The van der Waals surface area contributed by atoms with E-state index in [0.717, 1.165) is 0 Å². The molecule has 0 unspecified atom stereocenters. The normalized spacial score (nSPS) is 6.00. The van der Waals surface area contributed by atoms with Gasteiger partial charge in [-0.05, 0) is 6.42 Å². The summed E-state index contributed by atoms with van der Waals surface area (Å²) in [4.78, 5) is 0. The molecule has 0 heterocycles. The van der Waals surface area contributed by atoms with Gasteiger partial charge in [0.2, 0.25) is 0 Å². The van der Waals surface area contributed by atoms with Crippen molar-refractivity contribution in [3.63, 3.8) is 0 Å². The van der Waals surface area contributed by atoms with Crippen LogP contribution in [0, 0.1) is 0 Å². The fourth-order valence-electron chi connectivity index (χ4n) is 0.0707. The fourth-order valence-corrected chi connectivity index (χ4v) is 0.0707. The number of aliphatic hydroxyl groups excluding tert-OH is 2. The molecule has 0 saturated heterocycles. The predicted octanol–water partition coefficient (Wildman–Crippen LogP) is -1.94. The van der Waals surface area contributed by atoms with Crippen molar-refractivity contribution in [3.8, 4) is 0 Å². The van der Waals surface area contributed by atoms with E-state index in [2.05, 4.69) is 0 Å². The van der Waals surface area contributed by atoms with Crippen LogP contribution in [0.4, 0.5) is 0 Å². The molecular formula is C3H10Li2O2. The summed E-state index contributed by atoms with van der Waals surface area (Å²) in [5.41, 5.74) is 0. The van der Waals surface area contributed by atoms with Gasteiger partial charge >= 0.3 is 37.7 Å². The topological polar surface area (TPSA) is 40.5 Å². The Morgan fingerprint density at radius 1 is 0.857 bits per heavy atom. The Balaban J connectivity index is -0.0000000800. The van der Waals surface area contributed by atoms with E-state index in [4.69, 9.17) is 10.2 Å². The molecule has 0 rings (SSSR count). The van der Waals surface area contributed by atoms with E-state index in [9.17, 15) is 0 Å². The molecule has 0 spiro atoms. The molecule has 0 aromatic heterocycles. The molecule has 0 aliphatic carbocycles. The molecule has 2 N–H and O–H groups in total. The maximum atomic E-state index is 7.91. The van der Waals surface area contributed by atoms with Crippen molar-refractivity contribution in [1.29, 1.82) is 0 Å². The summed E-state index contributed by atoms with van der Waals surface area (Å²) in [6, 6.07) is 0. The molecule has 7 heavy (non-hydrogen) atoms. The van der Waals surface area contributed by atoms with Crippen LogP contribution in [0.15, 0.2) is 0 Å². The SMILES string of the molecule is OCCCO.[LiH].[LiH]. The van der Waals surface area contributed by atoms with Crippen LogP contribution in [-0.4, -0.2) is 61.1 Å². The molecule has 0 fully saturated rings. The molecule has 4 heteroatoms. The van der Waals surface area contributed by atoms with Gasteiger partial charge in [-0.1, -0.05) is 0 Å². The van der Waals surface area contributed by atoms with E-state index in [1.807, 2.05) is 0 Å². The van der Waals surface area contributed by atoms with Gasteiger partial charge in [-0.2, -0.15) is 0 Å². The molecule has 0 bridgehead atoms. The molecule has 2 nitrogen and oxygen atoms in total. The first kappa shape index (κ1) is 15.7. The van der Waals surface area contributed by atoms with E-state index in [-0.39, 0.29) is 50.9 Å². The minimum atomic E-state index is 0. The van der Waals surface area contributed by atoms with Crippen LogP contribution in [0.1, 0.15) is 6.42 Å².